The number of rotatable bonds is 4. The van der Waals surface area contributed by atoms with Crippen LogP contribution in [0.15, 0.2) is 41.6 Å². The van der Waals surface area contributed by atoms with Crippen LogP contribution in [-0.2, 0) is 14.6 Å². The molecule has 156 valence electrons. The second-order valence-corrected chi connectivity index (χ2v) is 10.4. The Morgan fingerprint density at radius 3 is 2.73 bits per heavy atom. The molecule has 4 heterocycles. The van der Waals surface area contributed by atoms with E-state index in [1.165, 1.54) is 12.1 Å². The molecule has 0 amide bonds. The lowest BCUT2D eigenvalue weighted by atomic mass is 9.85. The van der Waals surface area contributed by atoms with Gasteiger partial charge in [-0.2, -0.15) is 0 Å². The third kappa shape index (κ3) is 3.46. The number of aromatic nitrogens is 3. The first-order chi connectivity index (χ1) is 14.3. The maximum Gasteiger partial charge on any atom is 0.227 e. The number of ether oxygens (including phenoxy) is 1. The van der Waals surface area contributed by atoms with E-state index in [-0.39, 0.29) is 15.3 Å². The molecule has 0 atom stereocenters. The lowest BCUT2D eigenvalue weighted by molar-refractivity contribution is -0.0985. The van der Waals surface area contributed by atoms with Gasteiger partial charge in [0.25, 0.3) is 0 Å². The first-order valence-corrected chi connectivity index (χ1v) is 11.8. The van der Waals surface area contributed by atoms with Gasteiger partial charge in [-0.25, -0.2) is 23.4 Å². The van der Waals surface area contributed by atoms with E-state index in [9.17, 15) is 8.42 Å². The second-order valence-electron chi connectivity index (χ2n) is 7.97. The standard InChI is InChI=1S/C20H20ClN5O3S/c1-30(27,28)14-2-3-16(15(21)8-14)24-19-23-9-13-4-6-22-18(17(13)25-19)26-7-5-20(10-26)11-29-12-20/h2-4,6,8-9H,5,7,10-12H2,1H3,(H,23,24,25). The number of nitrogens with one attached hydrogen (secondary N) is 1. The minimum atomic E-state index is -3.33. The van der Waals surface area contributed by atoms with E-state index >= 15 is 0 Å². The molecular formula is C20H20ClN5O3S. The van der Waals surface area contributed by atoms with Crippen LogP contribution in [0.3, 0.4) is 0 Å². The van der Waals surface area contributed by atoms with E-state index < -0.39 is 9.84 Å². The lowest BCUT2D eigenvalue weighted by Gasteiger charge is -2.37. The van der Waals surface area contributed by atoms with E-state index in [0.29, 0.717) is 11.6 Å². The molecule has 2 aliphatic heterocycles. The van der Waals surface area contributed by atoms with Crippen molar-refractivity contribution in [1.29, 1.82) is 0 Å². The minimum Gasteiger partial charge on any atom is -0.380 e. The Morgan fingerprint density at radius 1 is 1.23 bits per heavy atom. The quantitative estimate of drug-likeness (QED) is 0.654. The molecule has 0 unspecified atom stereocenters. The summed E-state index contributed by atoms with van der Waals surface area (Å²) in [4.78, 5) is 16.1. The Balaban J connectivity index is 1.46. The highest BCUT2D eigenvalue weighted by atomic mass is 35.5. The van der Waals surface area contributed by atoms with Gasteiger partial charge in [-0.3, -0.25) is 0 Å². The van der Waals surface area contributed by atoms with Gasteiger partial charge in [-0.1, -0.05) is 11.6 Å². The average molecular weight is 446 g/mol. The van der Waals surface area contributed by atoms with Crippen molar-refractivity contribution in [3.05, 3.63) is 41.7 Å². The summed E-state index contributed by atoms with van der Waals surface area (Å²) in [6.45, 7) is 3.43. The number of hydrogen-bond donors (Lipinski definition) is 1. The number of fused-ring (bicyclic) bond motifs is 1. The van der Waals surface area contributed by atoms with Gasteiger partial charge in [0.15, 0.2) is 15.7 Å². The molecule has 30 heavy (non-hydrogen) atoms. The van der Waals surface area contributed by atoms with Crippen molar-refractivity contribution in [2.75, 3.05) is 42.8 Å². The molecule has 5 rings (SSSR count). The summed E-state index contributed by atoms with van der Waals surface area (Å²) in [7, 11) is -3.33. The van der Waals surface area contributed by atoms with Crippen molar-refractivity contribution < 1.29 is 13.2 Å². The largest absolute Gasteiger partial charge is 0.380 e. The Bertz CT molecular complexity index is 1250. The molecule has 10 heteroatoms. The topological polar surface area (TPSA) is 97.3 Å². The summed E-state index contributed by atoms with van der Waals surface area (Å²) in [5, 5.41) is 4.26. The molecule has 3 aromatic rings. The van der Waals surface area contributed by atoms with Gasteiger partial charge < -0.3 is 15.0 Å². The first-order valence-electron chi connectivity index (χ1n) is 9.54. The van der Waals surface area contributed by atoms with E-state index in [0.717, 1.165) is 55.7 Å². The number of pyridine rings is 1. The van der Waals surface area contributed by atoms with Gasteiger partial charge in [-0.05, 0) is 30.7 Å². The van der Waals surface area contributed by atoms with Gasteiger partial charge in [0.2, 0.25) is 5.95 Å². The molecule has 2 saturated heterocycles. The van der Waals surface area contributed by atoms with E-state index in [4.69, 9.17) is 16.3 Å². The summed E-state index contributed by atoms with van der Waals surface area (Å²) in [5.74, 6) is 1.20. The Hall–Kier alpha value is -2.49. The number of sulfone groups is 1. The van der Waals surface area contributed by atoms with Crippen LogP contribution < -0.4 is 10.2 Å². The van der Waals surface area contributed by atoms with Crippen molar-refractivity contribution >= 4 is 49.8 Å². The molecule has 1 N–H and O–H groups in total. The van der Waals surface area contributed by atoms with Crippen molar-refractivity contribution in [2.45, 2.75) is 11.3 Å². The van der Waals surface area contributed by atoms with Crippen molar-refractivity contribution in [2.24, 2.45) is 5.41 Å². The third-order valence-corrected chi connectivity index (χ3v) is 7.07. The van der Waals surface area contributed by atoms with Crippen LogP contribution in [-0.4, -0.2) is 55.9 Å². The molecule has 2 fully saturated rings. The van der Waals surface area contributed by atoms with Crippen LogP contribution >= 0.6 is 11.6 Å². The maximum atomic E-state index is 11.7. The summed E-state index contributed by atoms with van der Waals surface area (Å²) in [5.41, 5.74) is 1.53. The van der Waals surface area contributed by atoms with Crippen LogP contribution in [0.4, 0.5) is 17.5 Å². The first kappa shape index (κ1) is 19.5. The zero-order chi connectivity index (χ0) is 20.9. The summed E-state index contributed by atoms with van der Waals surface area (Å²) in [6, 6.07) is 6.41. The number of nitrogens with zero attached hydrogens (tertiary/aromatic N) is 4. The van der Waals surface area contributed by atoms with Gasteiger partial charge >= 0.3 is 0 Å². The highest BCUT2D eigenvalue weighted by Crippen LogP contribution is 2.40. The average Bonchev–Trinajstić information content (AvgIpc) is 3.14. The fraction of sp³-hybridized carbons (Fsp3) is 0.350. The van der Waals surface area contributed by atoms with Crippen molar-refractivity contribution in [1.82, 2.24) is 15.0 Å². The predicted molar refractivity (Wildman–Crippen MR) is 115 cm³/mol. The van der Waals surface area contributed by atoms with Gasteiger partial charge in [0.05, 0.1) is 28.8 Å². The highest BCUT2D eigenvalue weighted by molar-refractivity contribution is 7.90. The molecule has 0 radical (unpaired) electrons. The number of halogens is 1. The van der Waals surface area contributed by atoms with Crippen LogP contribution in [0.1, 0.15) is 6.42 Å². The second kappa shape index (κ2) is 7.04. The minimum absolute atomic E-state index is 0.159. The number of benzene rings is 1. The summed E-state index contributed by atoms with van der Waals surface area (Å²) in [6.07, 6.45) is 5.75. The Morgan fingerprint density at radius 2 is 2.07 bits per heavy atom. The zero-order valence-corrected chi connectivity index (χ0v) is 17.9. The predicted octanol–water partition coefficient (Wildman–Crippen LogP) is 3.05. The SMILES string of the molecule is CS(=O)(=O)c1ccc(Nc2ncc3ccnc(N4CCC5(COC5)C4)c3n2)c(Cl)c1. The fourth-order valence-corrected chi connectivity index (χ4v) is 4.86. The number of anilines is 3. The normalized spacial score (nSPS) is 18.0. The monoisotopic (exact) mass is 445 g/mol. The molecule has 0 bridgehead atoms. The highest BCUT2D eigenvalue weighted by Gasteiger charge is 2.45. The van der Waals surface area contributed by atoms with E-state index in [1.807, 2.05) is 6.07 Å². The molecule has 2 aliphatic rings. The maximum absolute atomic E-state index is 11.7. The molecular weight excluding hydrogens is 426 g/mol. The van der Waals surface area contributed by atoms with Crippen molar-refractivity contribution in [3.8, 4) is 0 Å². The molecule has 8 nitrogen and oxygen atoms in total. The van der Waals surface area contributed by atoms with Gasteiger partial charge in [-0.15, -0.1) is 0 Å². The lowest BCUT2D eigenvalue weighted by Crippen LogP contribution is -2.44. The fourth-order valence-electron chi connectivity index (χ4n) is 3.92. The summed E-state index contributed by atoms with van der Waals surface area (Å²) >= 11 is 6.28. The third-order valence-electron chi connectivity index (χ3n) is 5.65. The Labute approximate surface area is 179 Å². The molecule has 2 aromatic heterocycles. The Kier molecular flexibility index (Phi) is 4.57. The van der Waals surface area contributed by atoms with E-state index in [2.05, 4.69) is 25.2 Å². The van der Waals surface area contributed by atoms with Crippen LogP contribution in [0.5, 0.6) is 0 Å². The van der Waals surface area contributed by atoms with Gasteiger partial charge in [0, 0.05) is 42.5 Å². The smallest absolute Gasteiger partial charge is 0.227 e. The molecule has 0 saturated carbocycles. The number of hydrogen-bond acceptors (Lipinski definition) is 8. The van der Waals surface area contributed by atoms with E-state index in [1.54, 1.807) is 18.5 Å². The van der Waals surface area contributed by atoms with Crippen LogP contribution in [0.2, 0.25) is 5.02 Å². The zero-order valence-electron chi connectivity index (χ0n) is 16.3. The summed E-state index contributed by atoms with van der Waals surface area (Å²) < 4.78 is 28.9. The molecule has 0 aliphatic carbocycles. The van der Waals surface area contributed by atoms with Gasteiger partial charge in [0.1, 0.15) is 5.52 Å². The van der Waals surface area contributed by atoms with Crippen LogP contribution in [0.25, 0.3) is 10.9 Å². The molecule has 1 spiro atoms. The molecule has 1 aromatic carbocycles. The van der Waals surface area contributed by atoms with Crippen LogP contribution in [0, 0.1) is 5.41 Å². The van der Waals surface area contributed by atoms with Crippen molar-refractivity contribution in [3.63, 3.8) is 0 Å².